The summed E-state index contributed by atoms with van der Waals surface area (Å²) in [5.41, 5.74) is 5.01. The molecular formula is C31H32ClF2N. The second-order valence-electron chi connectivity index (χ2n) is 9.31. The number of nitrogens with zero attached hydrogens (tertiary/aromatic N) is 1. The van der Waals surface area contributed by atoms with Crippen molar-refractivity contribution in [2.75, 3.05) is 0 Å². The lowest BCUT2D eigenvalue weighted by Crippen LogP contribution is -1.98. The number of hydrogen-bond acceptors (Lipinski definition) is 1. The van der Waals surface area contributed by atoms with E-state index >= 15 is 4.39 Å². The molecule has 0 bridgehead atoms. The largest absolute Gasteiger partial charge is 0.261 e. The van der Waals surface area contributed by atoms with Gasteiger partial charge in [-0.15, -0.1) is 0 Å². The zero-order valence-corrected chi connectivity index (χ0v) is 21.1. The zero-order valence-electron chi connectivity index (χ0n) is 20.3. The van der Waals surface area contributed by atoms with Crippen molar-refractivity contribution in [3.8, 4) is 0 Å². The molecule has 35 heavy (non-hydrogen) atoms. The van der Waals surface area contributed by atoms with Crippen LogP contribution in [0.25, 0.3) is 10.8 Å². The van der Waals surface area contributed by atoms with E-state index in [1.807, 2.05) is 30.5 Å². The highest BCUT2D eigenvalue weighted by Gasteiger charge is 2.10. The molecule has 1 nitrogen and oxygen atoms in total. The number of benzene rings is 3. The van der Waals surface area contributed by atoms with Crippen LogP contribution in [0.2, 0.25) is 5.02 Å². The highest BCUT2D eigenvalue weighted by atomic mass is 35.5. The van der Waals surface area contributed by atoms with Gasteiger partial charge in [0.15, 0.2) is 0 Å². The van der Waals surface area contributed by atoms with E-state index in [9.17, 15) is 4.39 Å². The summed E-state index contributed by atoms with van der Waals surface area (Å²) in [5, 5.41) is 1.63. The van der Waals surface area contributed by atoms with E-state index < -0.39 is 5.82 Å². The van der Waals surface area contributed by atoms with Crippen LogP contribution < -0.4 is 0 Å². The Morgan fingerprint density at radius 3 is 2.26 bits per heavy atom. The Labute approximate surface area is 212 Å². The van der Waals surface area contributed by atoms with Crippen LogP contribution in [0.4, 0.5) is 8.78 Å². The van der Waals surface area contributed by atoms with Gasteiger partial charge in [-0.2, -0.15) is 0 Å². The number of unbranched alkanes of at least 4 members (excludes halogenated alkanes) is 3. The first kappa shape index (κ1) is 25.3. The molecule has 0 amide bonds. The topological polar surface area (TPSA) is 12.9 Å². The molecule has 0 atom stereocenters. The maximum atomic E-state index is 15.2. The first-order valence-corrected chi connectivity index (χ1v) is 13.0. The van der Waals surface area contributed by atoms with Crippen molar-refractivity contribution in [3.63, 3.8) is 0 Å². The number of rotatable bonds is 11. The summed E-state index contributed by atoms with van der Waals surface area (Å²) in [6, 6.07) is 18.8. The Hall–Kier alpha value is -2.78. The number of pyridine rings is 1. The van der Waals surface area contributed by atoms with Gasteiger partial charge in [-0.25, -0.2) is 8.78 Å². The van der Waals surface area contributed by atoms with Crippen LogP contribution in [0.15, 0.2) is 66.9 Å². The molecule has 0 saturated heterocycles. The third kappa shape index (κ3) is 6.89. The minimum absolute atomic E-state index is 0.104. The van der Waals surface area contributed by atoms with E-state index in [-0.39, 0.29) is 10.8 Å². The normalized spacial score (nSPS) is 11.3. The van der Waals surface area contributed by atoms with Crippen LogP contribution in [-0.2, 0) is 32.1 Å². The minimum atomic E-state index is -0.441. The lowest BCUT2D eigenvalue weighted by molar-refractivity contribution is 0.617. The molecule has 0 aliphatic carbocycles. The Bertz CT molecular complexity index is 1270. The van der Waals surface area contributed by atoms with E-state index in [1.54, 1.807) is 12.1 Å². The monoisotopic (exact) mass is 491 g/mol. The van der Waals surface area contributed by atoms with E-state index in [4.69, 9.17) is 11.6 Å². The SMILES string of the molecule is CCCCCCc1ccc(CCc2ccc3c(F)c(CCc4ccc(Cl)c(F)c4)ccc3c2)nc1. The predicted octanol–water partition coefficient (Wildman–Crippen LogP) is 8.86. The Morgan fingerprint density at radius 2 is 1.49 bits per heavy atom. The summed E-state index contributed by atoms with van der Waals surface area (Å²) in [5.74, 6) is -0.635. The predicted molar refractivity (Wildman–Crippen MR) is 142 cm³/mol. The summed E-state index contributed by atoms with van der Waals surface area (Å²) < 4.78 is 28.8. The van der Waals surface area contributed by atoms with Crippen LogP contribution >= 0.6 is 11.6 Å². The first-order chi connectivity index (χ1) is 17.0. The smallest absolute Gasteiger partial charge is 0.142 e. The maximum absolute atomic E-state index is 15.2. The molecule has 0 spiro atoms. The highest BCUT2D eigenvalue weighted by molar-refractivity contribution is 6.30. The summed E-state index contributed by atoms with van der Waals surface area (Å²) in [4.78, 5) is 4.65. The molecule has 4 heteroatoms. The van der Waals surface area contributed by atoms with Gasteiger partial charge in [-0.05, 0) is 84.4 Å². The number of halogens is 3. The van der Waals surface area contributed by atoms with Crippen LogP contribution in [0.1, 0.15) is 60.6 Å². The first-order valence-electron chi connectivity index (χ1n) is 12.6. The van der Waals surface area contributed by atoms with E-state index in [2.05, 4.69) is 30.1 Å². The number of aryl methyl sites for hydroxylation is 5. The summed E-state index contributed by atoms with van der Waals surface area (Å²) in [6.45, 7) is 2.23. The fourth-order valence-electron chi connectivity index (χ4n) is 4.49. The molecule has 0 unspecified atom stereocenters. The fourth-order valence-corrected chi connectivity index (χ4v) is 4.61. The quantitative estimate of drug-likeness (QED) is 0.191. The van der Waals surface area contributed by atoms with Crippen molar-refractivity contribution >= 4 is 22.4 Å². The van der Waals surface area contributed by atoms with Gasteiger partial charge in [0, 0.05) is 17.3 Å². The molecule has 4 aromatic rings. The molecule has 182 valence electrons. The molecule has 0 fully saturated rings. The van der Waals surface area contributed by atoms with Crippen molar-refractivity contribution in [1.82, 2.24) is 4.98 Å². The molecular weight excluding hydrogens is 460 g/mol. The number of hydrogen-bond donors (Lipinski definition) is 0. The van der Waals surface area contributed by atoms with Crippen LogP contribution in [0.5, 0.6) is 0 Å². The molecule has 0 aliphatic rings. The Balaban J connectivity index is 1.35. The van der Waals surface area contributed by atoms with Crippen molar-refractivity contribution in [3.05, 3.63) is 111 Å². The molecule has 1 aromatic heterocycles. The van der Waals surface area contributed by atoms with Crippen molar-refractivity contribution in [2.24, 2.45) is 0 Å². The third-order valence-corrected chi connectivity index (χ3v) is 6.95. The van der Waals surface area contributed by atoms with Crippen molar-refractivity contribution in [1.29, 1.82) is 0 Å². The summed E-state index contributed by atoms with van der Waals surface area (Å²) >= 11 is 5.75. The molecule has 1 heterocycles. The zero-order chi connectivity index (χ0) is 24.6. The van der Waals surface area contributed by atoms with Crippen LogP contribution in [0.3, 0.4) is 0 Å². The lowest BCUT2D eigenvalue weighted by atomic mass is 9.98. The van der Waals surface area contributed by atoms with Crippen molar-refractivity contribution < 1.29 is 8.78 Å². The summed E-state index contributed by atoms with van der Waals surface area (Å²) in [6.07, 6.45) is 11.0. The summed E-state index contributed by atoms with van der Waals surface area (Å²) in [7, 11) is 0. The van der Waals surface area contributed by atoms with Gasteiger partial charge in [-0.1, -0.05) is 80.3 Å². The van der Waals surface area contributed by atoms with E-state index in [0.717, 1.165) is 35.9 Å². The van der Waals surface area contributed by atoms with Crippen LogP contribution in [0, 0.1) is 11.6 Å². The van der Waals surface area contributed by atoms with Crippen molar-refractivity contribution in [2.45, 2.75) is 64.7 Å². The molecule has 0 saturated carbocycles. The average Bonchev–Trinajstić information content (AvgIpc) is 2.87. The van der Waals surface area contributed by atoms with E-state index in [0.29, 0.717) is 23.8 Å². The van der Waals surface area contributed by atoms with E-state index in [1.165, 1.54) is 42.9 Å². The van der Waals surface area contributed by atoms with Crippen LogP contribution in [-0.4, -0.2) is 4.98 Å². The molecule has 0 aliphatic heterocycles. The minimum Gasteiger partial charge on any atom is -0.261 e. The third-order valence-electron chi connectivity index (χ3n) is 6.64. The van der Waals surface area contributed by atoms with Gasteiger partial charge in [0.25, 0.3) is 0 Å². The standard InChI is InChI=1S/C31H32ClF2N/c1-2-3-4-5-6-24-9-16-27(35-21-24)15-8-22-10-17-28-26(19-22)14-13-25(31(28)34)12-7-23-11-18-29(32)30(33)20-23/h9-11,13-14,16-21H,2-8,12,15H2,1H3. The molecule has 3 aromatic carbocycles. The second kappa shape index (κ2) is 12.3. The molecule has 0 radical (unpaired) electrons. The van der Waals surface area contributed by atoms with Gasteiger partial charge in [0.05, 0.1) is 5.02 Å². The number of aromatic nitrogens is 1. The maximum Gasteiger partial charge on any atom is 0.142 e. The van der Waals surface area contributed by atoms with Gasteiger partial charge in [0.2, 0.25) is 0 Å². The Kier molecular flexibility index (Phi) is 8.87. The van der Waals surface area contributed by atoms with Gasteiger partial charge in [-0.3, -0.25) is 4.98 Å². The van der Waals surface area contributed by atoms with Gasteiger partial charge < -0.3 is 0 Å². The second-order valence-corrected chi connectivity index (χ2v) is 9.72. The van der Waals surface area contributed by atoms with Gasteiger partial charge >= 0.3 is 0 Å². The average molecular weight is 492 g/mol. The Morgan fingerprint density at radius 1 is 0.714 bits per heavy atom. The lowest BCUT2D eigenvalue weighted by Gasteiger charge is -2.09. The highest BCUT2D eigenvalue weighted by Crippen LogP contribution is 2.25. The number of fused-ring (bicyclic) bond motifs is 1. The fraction of sp³-hybridized carbons (Fsp3) is 0.323. The van der Waals surface area contributed by atoms with Gasteiger partial charge in [0.1, 0.15) is 11.6 Å². The molecule has 0 N–H and O–H groups in total. The molecule has 4 rings (SSSR count).